The predicted octanol–water partition coefficient (Wildman–Crippen LogP) is 2.20. The number of imidazole rings is 1. The monoisotopic (exact) mass is 456 g/mol. The lowest BCUT2D eigenvalue weighted by Crippen LogP contribution is -2.34. The van der Waals surface area contributed by atoms with Crippen LogP contribution in [0.15, 0.2) is 30.6 Å². The summed E-state index contributed by atoms with van der Waals surface area (Å²) in [5.74, 6) is 0.744. The van der Waals surface area contributed by atoms with Crippen LogP contribution in [0.1, 0.15) is 25.8 Å². The number of halogens is 1. The molecule has 5 rings (SSSR count). The van der Waals surface area contributed by atoms with E-state index in [0.29, 0.717) is 6.04 Å². The molecule has 0 saturated carbocycles. The highest BCUT2D eigenvalue weighted by Gasteiger charge is 2.21. The third-order valence-corrected chi connectivity index (χ3v) is 5.61. The smallest absolute Gasteiger partial charge is 0.144 e. The first kappa shape index (κ1) is 24.3. The molecule has 1 aromatic carbocycles. The summed E-state index contributed by atoms with van der Waals surface area (Å²) in [5, 5.41) is 12.3. The number of nitrogens with zero attached hydrogens (tertiary/aromatic N) is 5. The standard InChI is InChI=1S/C16H23N5O.C7H7FN2.H3N/c1-4-17-10-15-12(2)21(14-5-7-22-8-6-14)16(19-15)13-9-18-20(3)11-13;1-10-7-3-2-5(8)4-6(7)9-10;/h9-11,14,17H,2,4-8H2,1,3H3;2-4,9H,1H3;1H3/b15-10+;;. The number of rotatable bonds is 4. The van der Waals surface area contributed by atoms with Gasteiger partial charge < -0.3 is 20.8 Å². The van der Waals surface area contributed by atoms with Crippen molar-refractivity contribution >= 4 is 23.8 Å². The SMILES string of the molecule is C=c1/c(=C\NCC)nc(-c2cnn(C)c2)n1C1CCOCC1.Cn1[nH]c2cc(F)ccc21.N. The van der Waals surface area contributed by atoms with Gasteiger partial charge in [-0.15, -0.1) is 0 Å². The number of benzene rings is 1. The Bertz CT molecular complexity index is 1290. The maximum absolute atomic E-state index is 12.4. The van der Waals surface area contributed by atoms with E-state index in [0.717, 1.165) is 65.7 Å². The van der Waals surface area contributed by atoms with Crippen molar-refractivity contribution in [1.29, 1.82) is 0 Å². The van der Waals surface area contributed by atoms with E-state index in [9.17, 15) is 4.39 Å². The Balaban J connectivity index is 0.000000233. The fourth-order valence-corrected chi connectivity index (χ4v) is 3.95. The molecule has 0 atom stereocenters. The Hall–Kier alpha value is -3.37. The van der Waals surface area contributed by atoms with Gasteiger partial charge in [0.2, 0.25) is 0 Å². The van der Waals surface area contributed by atoms with E-state index in [1.54, 1.807) is 10.7 Å². The molecule has 4 aromatic rings. The van der Waals surface area contributed by atoms with E-state index in [4.69, 9.17) is 9.72 Å². The Kier molecular flexibility index (Phi) is 7.72. The summed E-state index contributed by atoms with van der Waals surface area (Å²) in [4.78, 5) is 4.79. The number of aryl methyl sites for hydroxylation is 2. The molecule has 178 valence electrons. The molecule has 0 unspecified atom stereocenters. The zero-order valence-electron chi connectivity index (χ0n) is 19.5. The first-order chi connectivity index (χ1) is 15.5. The van der Waals surface area contributed by atoms with E-state index in [-0.39, 0.29) is 12.0 Å². The molecule has 9 nitrogen and oxygen atoms in total. The van der Waals surface area contributed by atoms with Gasteiger partial charge in [-0.05, 0) is 31.9 Å². The third-order valence-electron chi connectivity index (χ3n) is 5.61. The van der Waals surface area contributed by atoms with Gasteiger partial charge in [-0.25, -0.2) is 9.37 Å². The van der Waals surface area contributed by atoms with Crippen molar-refractivity contribution < 1.29 is 9.13 Å². The Labute approximate surface area is 192 Å². The highest BCUT2D eigenvalue weighted by molar-refractivity contribution is 5.76. The minimum atomic E-state index is -0.195. The molecular formula is C23H33FN8O. The molecule has 3 aromatic heterocycles. The summed E-state index contributed by atoms with van der Waals surface area (Å²) >= 11 is 0. The summed E-state index contributed by atoms with van der Waals surface area (Å²) in [5.41, 5.74) is 2.93. The topological polar surface area (TPSA) is 113 Å². The van der Waals surface area contributed by atoms with Gasteiger partial charge in [-0.2, -0.15) is 5.10 Å². The first-order valence-electron chi connectivity index (χ1n) is 10.9. The van der Waals surface area contributed by atoms with Crippen LogP contribution >= 0.6 is 0 Å². The molecule has 33 heavy (non-hydrogen) atoms. The van der Waals surface area contributed by atoms with Crippen LogP contribution in [0.25, 0.3) is 35.2 Å². The molecule has 1 aliphatic heterocycles. The van der Waals surface area contributed by atoms with Crippen molar-refractivity contribution in [2.24, 2.45) is 14.1 Å². The van der Waals surface area contributed by atoms with Crippen molar-refractivity contribution in [3.63, 3.8) is 0 Å². The van der Waals surface area contributed by atoms with Gasteiger partial charge >= 0.3 is 0 Å². The molecule has 0 bridgehead atoms. The number of H-pyrrole nitrogens is 1. The molecule has 5 N–H and O–H groups in total. The van der Waals surface area contributed by atoms with Gasteiger partial charge in [0.05, 0.1) is 28.1 Å². The second-order valence-corrected chi connectivity index (χ2v) is 7.92. The number of ether oxygens (including phenoxy) is 1. The lowest BCUT2D eigenvalue weighted by Gasteiger charge is -2.25. The van der Waals surface area contributed by atoms with Crippen LogP contribution in [0.2, 0.25) is 0 Å². The van der Waals surface area contributed by atoms with Crippen molar-refractivity contribution in [3.8, 4) is 11.4 Å². The Morgan fingerprint density at radius 1 is 1.30 bits per heavy atom. The van der Waals surface area contributed by atoms with Gasteiger partial charge in [0, 0.05) is 58.4 Å². The van der Waals surface area contributed by atoms with E-state index in [1.165, 1.54) is 12.1 Å². The van der Waals surface area contributed by atoms with Gasteiger partial charge in [0.1, 0.15) is 17.0 Å². The largest absolute Gasteiger partial charge is 0.389 e. The maximum Gasteiger partial charge on any atom is 0.144 e. The molecule has 0 radical (unpaired) electrons. The lowest BCUT2D eigenvalue weighted by molar-refractivity contribution is 0.0693. The highest BCUT2D eigenvalue weighted by Crippen LogP contribution is 2.24. The lowest BCUT2D eigenvalue weighted by atomic mass is 10.1. The predicted molar refractivity (Wildman–Crippen MR) is 129 cm³/mol. The van der Waals surface area contributed by atoms with E-state index in [1.807, 2.05) is 37.4 Å². The molecule has 0 amide bonds. The average molecular weight is 457 g/mol. The van der Waals surface area contributed by atoms with Crippen LogP contribution in [-0.4, -0.2) is 48.9 Å². The second-order valence-electron chi connectivity index (χ2n) is 7.92. The highest BCUT2D eigenvalue weighted by atomic mass is 19.1. The van der Waals surface area contributed by atoms with E-state index in [2.05, 4.69) is 33.6 Å². The number of hydrogen-bond donors (Lipinski definition) is 3. The van der Waals surface area contributed by atoms with Crippen molar-refractivity contribution in [2.75, 3.05) is 19.8 Å². The molecule has 10 heteroatoms. The first-order valence-corrected chi connectivity index (χ1v) is 10.9. The molecule has 0 spiro atoms. The van der Waals surface area contributed by atoms with Crippen LogP contribution < -0.4 is 22.2 Å². The molecule has 1 saturated heterocycles. The molecule has 1 fully saturated rings. The van der Waals surface area contributed by atoms with Gasteiger partial charge in [0.15, 0.2) is 0 Å². The quantitative estimate of drug-likeness (QED) is 0.436. The number of aromatic nitrogens is 6. The van der Waals surface area contributed by atoms with Gasteiger partial charge in [0.25, 0.3) is 0 Å². The summed E-state index contributed by atoms with van der Waals surface area (Å²) in [7, 11) is 3.81. The van der Waals surface area contributed by atoms with E-state index >= 15 is 0 Å². The molecule has 0 aliphatic carbocycles. The van der Waals surface area contributed by atoms with Crippen molar-refractivity contribution in [2.45, 2.75) is 25.8 Å². The Morgan fingerprint density at radius 2 is 2.06 bits per heavy atom. The van der Waals surface area contributed by atoms with Crippen LogP contribution in [0.3, 0.4) is 0 Å². The Morgan fingerprint density at radius 3 is 2.67 bits per heavy atom. The number of hydrogen-bond acceptors (Lipinski definition) is 5. The van der Waals surface area contributed by atoms with Gasteiger partial charge in [-0.3, -0.25) is 14.5 Å². The van der Waals surface area contributed by atoms with Crippen LogP contribution in [0.5, 0.6) is 0 Å². The average Bonchev–Trinajstić information content (AvgIpc) is 3.35. The zero-order chi connectivity index (χ0) is 22.7. The number of nitrogens with one attached hydrogen (secondary N) is 2. The van der Waals surface area contributed by atoms with E-state index < -0.39 is 0 Å². The maximum atomic E-state index is 12.4. The zero-order valence-corrected chi connectivity index (χ0v) is 19.5. The minimum Gasteiger partial charge on any atom is -0.389 e. The summed E-state index contributed by atoms with van der Waals surface area (Å²) < 4.78 is 23.8. The number of aromatic amines is 1. The minimum absolute atomic E-state index is 0. The van der Waals surface area contributed by atoms with Crippen LogP contribution in [-0.2, 0) is 18.8 Å². The number of fused-ring (bicyclic) bond motifs is 1. The third kappa shape index (κ3) is 5.18. The molecular weight excluding hydrogens is 423 g/mol. The fraction of sp³-hybridized carbons (Fsp3) is 0.391. The second kappa shape index (κ2) is 10.5. The molecule has 1 aliphatic rings. The summed E-state index contributed by atoms with van der Waals surface area (Å²) in [6.07, 6.45) is 7.78. The van der Waals surface area contributed by atoms with Gasteiger partial charge in [-0.1, -0.05) is 6.58 Å². The molecule has 4 heterocycles. The van der Waals surface area contributed by atoms with Crippen molar-refractivity contribution in [3.05, 3.63) is 47.1 Å². The van der Waals surface area contributed by atoms with Crippen LogP contribution in [0.4, 0.5) is 4.39 Å². The summed E-state index contributed by atoms with van der Waals surface area (Å²) in [6.45, 7) is 8.78. The van der Waals surface area contributed by atoms with Crippen LogP contribution in [0, 0.1) is 5.82 Å². The normalized spacial score (nSPS) is 14.7. The fourth-order valence-electron chi connectivity index (χ4n) is 3.95. The van der Waals surface area contributed by atoms with Crippen molar-refractivity contribution in [1.82, 2.24) is 40.6 Å². The summed E-state index contributed by atoms with van der Waals surface area (Å²) in [6, 6.07) is 5.07.